The highest BCUT2D eigenvalue weighted by Crippen LogP contribution is 2.56. The van der Waals surface area contributed by atoms with Crippen LogP contribution in [-0.4, -0.2) is 38.3 Å². The molecule has 1 N–H and O–H groups in total. The Morgan fingerprint density at radius 2 is 2.15 bits per heavy atom. The predicted octanol–water partition coefficient (Wildman–Crippen LogP) is 1.47. The SMILES string of the molecule is Cl.O=C(C1CNCCO1)N1CC2(CC2)c2ccccc21. The van der Waals surface area contributed by atoms with Gasteiger partial charge in [0.05, 0.1) is 6.61 Å². The van der Waals surface area contributed by atoms with Gasteiger partial charge in [-0.25, -0.2) is 0 Å². The third-order valence-corrected chi connectivity index (χ3v) is 4.55. The van der Waals surface area contributed by atoms with Gasteiger partial charge in [0, 0.05) is 30.7 Å². The van der Waals surface area contributed by atoms with E-state index in [9.17, 15) is 4.79 Å². The fourth-order valence-electron chi connectivity index (χ4n) is 3.30. The van der Waals surface area contributed by atoms with E-state index < -0.39 is 0 Å². The van der Waals surface area contributed by atoms with E-state index in [0.717, 1.165) is 18.8 Å². The number of rotatable bonds is 1. The van der Waals surface area contributed by atoms with Gasteiger partial charge in [-0.15, -0.1) is 12.4 Å². The Morgan fingerprint density at radius 3 is 2.85 bits per heavy atom. The number of fused-ring (bicyclic) bond motifs is 2. The van der Waals surface area contributed by atoms with E-state index in [1.54, 1.807) is 0 Å². The quantitative estimate of drug-likeness (QED) is 0.853. The lowest BCUT2D eigenvalue weighted by Crippen LogP contribution is -2.49. The molecule has 2 heterocycles. The van der Waals surface area contributed by atoms with Gasteiger partial charge in [-0.3, -0.25) is 4.79 Å². The Kier molecular flexibility index (Phi) is 3.48. The van der Waals surface area contributed by atoms with Crippen molar-refractivity contribution in [2.45, 2.75) is 24.4 Å². The van der Waals surface area contributed by atoms with E-state index in [-0.39, 0.29) is 29.8 Å². The number of halogens is 1. The first-order valence-corrected chi connectivity index (χ1v) is 7.03. The standard InChI is InChI=1S/C15H18N2O2.ClH/c18-14(13-9-16-7-8-19-13)17-10-15(5-6-15)11-3-1-2-4-12(11)17;/h1-4,13,16H,5-10H2;1H. The van der Waals surface area contributed by atoms with Gasteiger partial charge in [-0.2, -0.15) is 0 Å². The van der Waals surface area contributed by atoms with E-state index in [1.807, 2.05) is 11.0 Å². The van der Waals surface area contributed by atoms with Crippen molar-refractivity contribution in [2.75, 3.05) is 31.1 Å². The minimum Gasteiger partial charge on any atom is -0.366 e. The first-order valence-electron chi connectivity index (χ1n) is 7.03. The molecule has 3 aliphatic rings. The number of amides is 1. The van der Waals surface area contributed by atoms with Gasteiger partial charge in [0.15, 0.2) is 0 Å². The number of ether oxygens (including phenoxy) is 1. The number of para-hydroxylation sites is 1. The van der Waals surface area contributed by atoms with Crippen molar-refractivity contribution in [1.82, 2.24) is 5.32 Å². The third-order valence-electron chi connectivity index (χ3n) is 4.55. The van der Waals surface area contributed by atoms with Crippen molar-refractivity contribution in [2.24, 2.45) is 0 Å². The summed E-state index contributed by atoms with van der Waals surface area (Å²) in [6.45, 7) is 2.93. The summed E-state index contributed by atoms with van der Waals surface area (Å²) >= 11 is 0. The summed E-state index contributed by atoms with van der Waals surface area (Å²) in [5.74, 6) is 0.114. The molecular formula is C15H19ClN2O2. The molecule has 1 saturated heterocycles. The Labute approximate surface area is 124 Å². The zero-order valence-corrected chi connectivity index (χ0v) is 12.1. The van der Waals surface area contributed by atoms with E-state index in [4.69, 9.17) is 4.74 Å². The van der Waals surface area contributed by atoms with Crippen LogP contribution < -0.4 is 10.2 Å². The molecule has 1 aromatic rings. The van der Waals surface area contributed by atoms with Gasteiger partial charge in [-0.05, 0) is 24.5 Å². The fourth-order valence-corrected chi connectivity index (χ4v) is 3.30. The first-order chi connectivity index (χ1) is 9.30. The van der Waals surface area contributed by atoms with Gasteiger partial charge >= 0.3 is 0 Å². The second kappa shape index (κ2) is 5.02. The van der Waals surface area contributed by atoms with Crippen LogP contribution in [0.3, 0.4) is 0 Å². The average molecular weight is 295 g/mol. The molecule has 1 amide bonds. The normalized spacial score (nSPS) is 26.0. The molecule has 0 radical (unpaired) electrons. The molecule has 4 nitrogen and oxygen atoms in total. The van der Waals surface area contributed by atoms with Gasteiger partial charge in [-0.1, -0.05) is 18.2 Å². The largest absolute Gasteiger partial charge is 0.366 e. The molecule has 1 spiro atoms. The highest BCUT2D eigenvalue weighted by Gasteiger charge is 2.53. The number of carbonyl (C=O) groups excluding carboxylic acids is 1. The number of nitrogens with one attached hydrogen (secondary N) is 1. The summed E-state index contributed by atoms with van der Waals surface area (Å²) in [7, 11) is 0. The molecule has 5 heteroatoms. The van der Waals surface area contributed by atoms with Crippen molar-refractivity contribution in [3.05, 3.63) is 29.8 Å². The topological polar surface area (TPSA) is 41.6 Å². The molecule has 1 unspecified atom stereocenters. The number of hydrogen-bond donors (Lipinski definition) is 1. The Hall–Kier alpha value is -1.10. The monoisotopic (exact) mass is 294 g/mol. The molecular weight excluding hydrogens is 276 g/mol. The van der Waals surface area contributed by atoms with Crippen LogP contribution in [0.1, 0.15) is 18.4 Å². The maximum absolute atomic E-state index is 12.6. The second-order valence-electron chi connectivity index (χ2n) is 5.79. The maximum atomic E-state index is 12.6. The third kappa shape index (κ3) is 2.03. The Bertz CT molecular complexity index is 524. The Morgan fingerprint density at radius 1 is 1.35 bits per heavy atom. The number of benzene rings is 1. The lowest BCUT2D eigenvalue weighted by molar-refractivity contribution is -0.131. The molecule has 20 heavy (non-hydrogen) atoms. The number of nitrogens with zero attached hydrogens (tertiary/aromatic N) is 1. The van der Waals surface area contributed by atoms with Gasteiger partial charge in [0.1, 0.15) is 6.10 Å². The van der Waals surface area contributed by atoms with E-state index in [0.29, 0.717) is 13.2 Å². The van der Waals surface area contributed by atoms with Crippen LogP contribution in [0.15, 0.2) is 24.3 Å². The molecule has 0 aromatic heterocycles. The molecule has 108 valence electrons. The van der Waals surface area contributed by atoms with Crippen LogP contribution in [0, 0.1) is 0 Å². The summed E-state index contributed by atoms with van der Waals surface area (Å²) in [4.78, 5) is 14.6. The molecule has 2 aliphatic heterocycles. The highest BCUT2D eigenvalue weighted by atomic mass is 35.5. The van der Waals surface area contributed by atoms with E-state index in [1.165, 1.54) is 18.4 Å². The molecule has 0 bridgehead atoms. The molecule has 2 fully saturated rings. The number of anilines is 1. The summed E-state index contributed by atoms with van der Waals surface area (Å²) in [6.07, 6.45) is 2.09. The number of hydrogen-bond acceptors (Lipinski definition) is 3. The Balaban J connectivity index is 0.00000121. The molecule has 1 saturated carbocycles. The van der Waals surface area contributed by atoms with Gasteiger partial charge in [0.25, 0.3) is 5.91 Å². The van der Waals surface area contributed by atoms with Crippen LogP contribution in [0.4, 0.5) is 5.69 Å². The fraction of sp³-hybridized carbons (Fsp3) is 0.533. The average Bonchev–Trinajstić information content (AvgIpc) is 3.18. The van der Waals surface area contributed by atoms with Crippen molar-refractivity contribution in [3.63, 3.8) is 0 Å². The second-order valence-corrected chi connectivity index (χ2v) is 5.79. The van der Waals surface area contributed by atoms with Crippen LogP contribution in [0.25, 0.3) is 0 Å². The van der Waals surface area contributed by atoms with Crippen molar-refractivity contribution in [3.8, 4) is 0 Å². The first kappa shape index (κ1) is 13.9. The van der Waals surface area contributed by atoms with Crippen molar-refractivity contribution < 1.29 is 9.53 Å². The molecule has 4 rings (SSSR count). The van der Waals surface area contributed by atoms with Crippen LogP contribution in [-0.2, 0) is 14.9 Å². The molecule has 1 atom stereocenters. The minimum atomic E-state index is -0.323. The smallest absolute Gasteiger partial charge is 0.257 e. The van der Waals surface area contributed by atoms with Crippen molar-refractivity contribution in [1.29, 1.82) is 0 Å². The minimum absolute atomic E-state index is 0. The van der Waals surface area contributed by atoms with Crippen LogP contribution in [0.2, 0.25) is 0 Å². The van der Waals surface area contributed by atoms with Crippen LogP contribution >= 0.6 is 12.4 Å². The van der Waals surface area contributed by atoms with Gasteiger partial charge < -0.3 is 15.0 Å². The van der Waals surface area contributed by atoms with Crippen LogP contribution in [0.5, 0.6) is 0 Å². The molecule has 1 aliphatic carbocycles. The lowest BCUT2D eigenvalue weighted by atomic mass is 9.99. The predicted molar refractivity (Wildman–Crippen MR) is 79.6 cm³/mol. The zero-order chi connectivity index (χ0) is 12.9. The molecule has 1 aromatic carbocycles. The summed E-state index contributed by atoms with van der Waals surface area (Å²) in [5, 5.41) is 3.23. The van der Waals surface area contributed by atoms with E-state index in [2.05, 4.69) is 23.5 Å². The highest BCUT2D eigenvalue weighted by molar-refractivity contribution is 5.99. The maximum Gasteiger partial charge on any atom is 0.257 e. The van der Waals surface area contributed by atoms with E-state index >= 15 is 0 Å². The summed E-state index contributed by atoms with van der Waals surface area (Å²) in [5.41, 5.74) is 2.71. The number of carbonyl (C=O) groups is 1. The summed E-state index contributed by atoms with van der Waals surface area (Å²) < 4.78 is 5.60. The van der Waals surface area contributed by atoms with Gasteiger partial charge in [0.2, 0.25) is 0 Å². The lowest BCUT2D eigenvalue weighted by Gasteiger charge is -2.27. The summed E-state index contributed by atoms with van der Waals surface area (Å²) in [6, 6.07) is 8.33. The zero-order valence-electron chi connectivity index (χ0n) is 11.3. The number of morpholine rings is 1. The van der Waals surface area contributed by atoms with Crippen molar-refractivity contribution >= 4 is 24.0 Å².